The van der Waals surface area contributed by atoms with Crippen molar-refractivity contribution < 1.29 is 4.79 Å². The third-order valence-corrected chi connectivity index (χ3v) is 3.63. The molecule has 1 aromatic heterocycles. The first-order chi connectivity index (χ1) is 9.47. The van der Waals surface area contributed by atoms with Crippen LogP contribution in [0.25, 0.3) is 0 Å². The van der Waals surface area contributed by atoms with Crippen molar-refractivity contribution in [2.75, 3.05) is 18.4 Å². The van der Waals surface area contributed by atoms with E-state index in [4.69, 9.17) is 18.0 Å². The van der Waals surface area contributed by atoms with Gasteiger partial charge in [0.1, 0.15) is 16.8 Å². The number of likely N-dealkylation sites (tertiary alicyclic amines) is 1. The molecule has 1 aliphatic rings. The Morgan fingerprint density at radius 2 is 2.10 bits per heavy atom. The standard InChI is InChI=1S/C14H20N4OS/c1-9-7-11(13(15)20)8-12(16-9)17-10(2)14(19)18-5-3-4-6-18/h7-8,10H,3-6H2,1-2H3,(H2,15,20)(H,16,17). The van der Waals surface area contributed by atoms with E-state index in [-0.39, 0.29) is 11.9 Å². The maximum absolute atomic E-state index is 12.2. The third kappa shape index (κ3) is 3.45. The van der Waals surface area contributed by atoms with E-state index < -0.39 is 0 Å². The van der Waals surface area contributed by atoms with Crippen molar-refractivity contribution >= 4 is 28.9 Å². The number of aromatic nitrogens is 1. The number of hydrogen-bond donors (Lipinski definition) is 2. The lowest BCUT2D eigenvalue weighted by Crippen LogP contribution is -2.39. The minimum absolute atomic E-state index is 0.114. The molecule has 108 valence electrons. The molecule has 5 nitrogen and oxygen atoms in total. The van der Waals surface area contributed by atoms with Gasteiger partial charge in [0.15, 0.2) is 0 Å². The molecule has 1 saturated heterocycles. The van der Waals surface area contributed by atoms with Crippen LogP contribution in [-0.2, 0) is 4.79 Å². The molecule has 3 N–H and O–H groups in total. The molecule has 0 aromatic carbocycles. The fourth-order valence-electron chi connectivity index (χ4n) is 2.38. The first-order valence-corrected chi connectivity index (χ1v) is 7.22. The van der Waals surface area contributed by atoms with Crippen LogP contribution >= 0.6 is 12.2 Å². The summed E-state index contributed by atoms with van der Waals surface area (Å²) in [7, 11) is 0. The van der Waals surface area contributed by atoms with Crippen LogP contribution in [-0.4, -0.2) is 39.9 Å². The number of nitrogens with zero attached hydrogens (tertiary/aromatic N) is 2. The number of carbonyl (C=O) groups is 1. The van der Waals surface area contributed by atoms with Gasteiger partial charge in [-0.3, -0.25) is 4.79 Å². The number of nitrogens with one attached hydrogen (secondary N) is 1. The number of rotatable bonds is 4. The molecule has 1 amide bonds. The topological polar surface area (TPSA) is 71.2 Å². The van der Waals surface area contributed by atoms with Crippen LogP contribution in [0, 0.1) is 6.92 Å². The van der Waals surface area contributed by atoms with Gasteiger partial charge in [-0.25, -0.2) is 4.98 Å². The fourth-order valence-corrected chi connectivity index (χ4v) is 2.50. The van der Waals surface area contributed by atoms with Crippen LogP contribution in [0.5, 0.6) is 0 Å². The molecule has 2 heterocycles. The second kappa shape index (κ2) is 6.17. The summed E-state index contributed by atoms with van der Waals surface area (Å²) >= 11 is 4.98. The molecule has 1 atom stereocenters. The van der Waals surface area contributed by atoms with Gasteiger partial charge in [-0.15, -0.1) is 0 Å². The lowest BCUT2D eigenvalue weighted by molar-refractivity contribution is -0.130. The van der Waals surface area contributed by atoms with Crippen LogP contribution in [0.1, 0.15) is 31.0 Å². The van der Waals surface area contributed by atoms with Gasteiger partial charge in [0.2, 0.25) is 5.91 Å². The molecule has 0 radical (unpaired) electrons. The van der Waals surface area contributed by atoms with Gasteiger partial charge in [0.05, 0.1) is 0 Å². The Hall–Kier alpha value is -1.69. The summed E-state index contributed by atoms with van der Waals surface area (Å²) in [5.41, 5.74) is 7.22. The van der Waals surface area contributed by atoms with Crippen molar-refractivity contribution in [3.8, 4) is 0 Å². The van der Waals surface area contributed by atoms with Gasteiger partial charge in [0.25, 0.3) is 0 Å². The smallest absolute Gasteiger partial charge is 0.244 e. The molecule has 1 aromatic rings. The quantitative estimate of drug-likeness (QED) is 0.822. The largest absolute Gasteiger partial charge is 0.389 e. The summed E-state index contributed by atoms with van der Waals surface area (Å²) in [6.07, 6.45) is 2.18. The van der Waals surface area contributed by atoms with Crippen LogP contribution < -0.4 is 11.1 Å². The lowest BCUT2D eigenvalue weighted by Gasteiger charge is -2.21. The van der Waals surface area contributed by atoms with Crippen LogP contribution in [0.3, 0.4) is 0 Å². The van der Waals surface area contributed by atoms with Crippen LogP contribution in [0.15, 0.2) is 12.1 Å². The van der Waals surface area contributed by atoms with E-state index in [9.17, 15) is 4.79 Å². The van der Waals surface area contributed by atoms with Crippen molar-refractivity contribution in [1.29, 1.82) is 0 Å². The Morgan fingerprint density at radius 1 is 1.45 bits per heavy atom. The molecule has 0 spiro atoms. The van der Waals surface area contributed by atoms with Gasteiger partial charge < -0.3 is 16.0 Å². The van der Waals surface area contributed by atoms with Gasteiger partial charge in [-0.05, 0) is 38.8 Å². The van der Waals surface area contributed by atoms with E-state index in [1.54, 1.807) is 6.07 Å². The number of carbonyl (C=O) groups excluding carboxylic acids is 1. The molecular weight excluding hydrogens is 272 g/mol. The molecule has 0 bridgehead atoms. The fraction of sp³-hybridized carbons (Fsp3) is 0.500. The Morgan fingerprint density at radius 3 is 2.70 bits per heavy atom. The van der Waals surface area contributed by atoms with Gasteiger partial charge in [0, 0.05) is 24.3 Å². The van der Waals surface area contributed by atoms with Gasteiger partial charge in [-0.2, -0.15) is 0 Å². The SMILES string of the molecule is Cc1cc(C(N)=S)cc(NC(C)C(=O)N2CCCC2)n1. The Bertz CT molecular complexity index is 526. The average Bonchev–Trinajstić information content (AvgIpc) is 2.90. The monoisotopic (exact) mass is 292 g/mol. The number of thiocarbonyl (C=S) groups is 1. The number of hydrogen-bond acceptors (Lipinski definition) is 4. The summed E-state index contributed by atoms with van der Waals surface area (Å²) in [5, 5.41) is 3.14. The van der Waals surface area contributed by atoms with E-state index in [0.29, 0.717) is 10.8 Å². The summed E-state index contributed by atoms with van der Waals surface area (Å²) in [5.74, 6) is 0.746. The first-order valence-electron chi connectivity index (χ1n) is 6.81. The summed E-state index contributed by atoms with van der Waals surface area (Å²) in [6, 6.07) is 3.31. The summed E-state index contributed by atoms with van der Waals surface area (Å²) in [6.45, 7) is 5.43. The van der Waals surface area contributed by atoms with Gasteiger partial charge in [-0.1, -0.05) is 12.2 Å². The second-order valence-electron chi connectivity index (χ2n) is 5.15. The molecule has 0 aliphatic carbocycles. The van der Waals surface area contributed by atoms with E-state index in [2.05, 4.69) is 10.3 Å². The first kappa shape index (κ1) is 14.7. The molecule has 1 unspecified atom stereocenters. The van der Waals surface area contributed by atoms with Crippen molar-refractivity contribution in [1.82, 2.24) is 9.88 Å². The number of amides is 1. The highest BCUT2D eigenvalue weighted by atomic mass is 32.1. The highest BCUT2D eigenvalue weighted by molar-refractivity contribution is 7.80. The maximum Gasteiger partial charge on any atom is 0.244 e. The molecule has 2 rings (SSSR count). The highest BCUT2D eigenvalue weighted by Crippen LogP contribution is 2.14. The molecule has 0 saturated carbocycles. The van der Waals surface area contributed by atoms with Crippen LogP contribution in [0.4, 0.5) is 5.82 Å². The zero-order valence-corrected chi connectivity index (χ0v) is 12.7. The van der Waals surface area contributed by atoms with Gasteiger partial charge >= 0.3 is 0 Å². The summed E-state index contributed by atoms with van der Waals surface area (Å²) in [4.78, 5) is 18.8. The Balaban J connectivity index is 2.08. The van der Waals surface area contributed by atoms with Crippen molar-refractivity contribution in [2.45, 2.75) is 32.7 Å². The third-order valence-electron chi connectivity index (χ3n) is 3.39. The number of nitrogens with two attached hydrogens (primary N) is 1. The minimum Gasteiger partial charge on any atom is -0.389 e. The molecule has 1 aliphatic heterocycles. The van der Waals surface area contributed by atoms with Crippen molar-refractivity contribution in [3.63, 3.8) is 0 Å². The lowest BCUT2D eigenvalue weighted by atomic mass is 10.2. The molecule has 20 heavy (non-hydrogen) atoms. The zero-order chi connectivity index (χ0) is 14.7. The molecule has 1 fully saturated rings. The Kier molecular flexibility index (Phi) is 4.54. The number of aryl methyl sites for hydroxylation is 1. The zero-order valence-electron chi connectivity index (χ0n) is 11.8. The summed E-state index contributed by atoms with van der Waals surface area (Å²) < 4.78 is 0. The predicted octanol–water partition coefficient (Wildman–Crippen LogP) is 1.45. The maximum atomic E-state index is 12.2. The number of pyridine rings is 1. The number of anilines is 1. The highest BCUT2D eigenvalue weighted by Gasteiger charge is 2.23. The van der Waals surface area contributed by atoms with E-state index in [1.807, 2.05) is 24.8 Å². The molecule has 6 heteroatoms. The van der Waals surface area contributed by atoms with Crippen LogP contribution in [0.2, 0.25) is 0 Å². The van der Waals surface area contributed by atoms with E-state index >= 15 is 0 Å². The predicted molar refractivity (Wildman–Crippen MR) is 83.8 cm³/mol. The van der Waals surface area contributed by atoms with Crippen molar-refractivity contribution in [2.24, 2.45) is 5.73 Å². The minimum atomic E-state index is -0.304. The normalized spacial score (nSPS) is 16.0. The van der Waals surface area contributed by atoms with E-state index in [0.717, 1.165) is 37.2 Å². The second-order valence-corrected chi connectivity index (χ2v) is 5.58. The van der Waals surface area contributed by atoms with E-state index in [1.165, 1.54) is 0 Å². The average molecular weight is 292 g/mol. The Labute approximate surface area is 124 Å². The molecular formula is C14H20N4OS. The van der Waals surface area contributed by atoms with Crippen molar-refractivity contribution in [3.05, 3.63) is 23.4 Å².